The Morgan fingerprint density at radius 2 is 2.20 bits per heavy atom. The van der Waals surface area contributed by atoms with Crippen molar-refractivity contribution in [2.45, 2.75) is 31.3 Å². The van der Waals surface area contributed by atoms with Crippen molar-refractivity contribution < 1.29 is 4.74 Å². The first-order valence-corrected chi connectivity index (χ1v) is 7.96. The summed E-state index contributed by atoms with van der Waals surface area (Å²) < 4.78 is 5.69. The van der Waals surface area contributed by atoms with Gasteiger partial charge in [0.25, 0.3) is 0 Å². The molecular formula is C15H20Cl2N2O. The molecule has 0 spiro atoms. The van der Waals surface area contributed by atoms with Gasteiger partial charge in [-0.3, -0.25) is 0 Å². The number of ether oxygens (including phenoxy) is 1. The van der Waals surface area contributed by atoms with Crippen molar-refractivity contribution in [3.05, 3.63) is 27.7 Å². The van der Waals surface area contributed by atoms with E-state index in [0.717, 1.165) is 24.3 Å². The van der Waals surface area contributed by atoms with E-state index in [9.17, 15) is 0 Å². The first kappa shape index (κ1) is 14.5. The maximum atomic E-state index is 6.22. The number of nitrogens with one attached hydrogen (secondary N) is 1. The number of hydrogen-bond acceptors (Lipinski definition) is 3. The fraction of sp³-hybridized carbons (Fsp3) is 0.600. The Hall–Kier alpha value is -0.480. The maximum absolute atomic E-state index is 6.22. The lowest BCUT2D eigenvalue weighted by molar-refractivity contribution is 0.237. The van der Waals surface area contributed by atoms with Crippen LogP contribution in [0.25, 0.3) is 0 Å². The van der Waals surface area contributed by atoms with Crippen molar-refractivity contribution in [3.8, 4) is 5.75 Å². The van der Waals surface area contributed by atoms with Crippen LogP contribution in [0.2, 0.25) is 10.0 Å². The van der Waals surface area contributed by atoms with Gasteiger partial charge in [-0.1, -0.05) is 23.2 Å². The van der Waals surface area contributed by atoms with Gasteiger partial charge in [0.15, 0.2) is 0 Å². The third-order valence-corrected chi connectivity index (χ3v) is 4.84. The highest BCUT2D eigenvalue weighted by atomic mass is 35.5. The fourth-order valence-corrected chi connectivity index (χ4v) is 3.72. The lowest BCUT2D eigenvalue weighted by Gasteiger charge is -2.30. The highest BCUT2D eigenvalue weighted by Crippen LogP contribution is 2.39. The molecule has 1 aromatic rings. The van der Waals surface area contributed by atoms with Crippen LogP contribution in [-0.4, -0.2) is 37.7 Å². The van der Waals surface area contributed by atoms with Gasteiger partial charge in [0.2, 0.25) is 0 Å². The molecule has 2 atom stereocenters. The van der Waals surface area contributed by atoms with Crippen LogP contribution in [0.15, 0.2) is 12.1 Å². The van der Waals surface area contributed by atoms with Crippen molar-refractivity contribution in [1.82, 2.24) is 10.2 Å². The van der Waals surface area contributed by atoms with E-state index in [-0.39, 0.29) is 6.04 Å². The zero-order valence-corrected chi connectivity index (χ0v) is 13.2. The van der Waals surface area contributed by atoms with Gasteiger partial charge in [0.1, 0.15) is 5.75 Å². The Labute approximate surface area is 130 Å². The summed E-state index contributed by atoms with van der Waals surface area (Å²) in [7, 11) is 2.20. The topological polar surface area (TPSA) is 24.5 Å². The van der Waals surface area contributed by atoms with Crippen molar-refractivity contribution >= 4 is 23.2 Å². The molecule has 1 N–H and O–H groups in total. The van der Waals surface area contributed by atoms with E-state index < -0.39 is 0 Å². The SMILES string of the molecule is CN1CCCC1CNC1CCOc2c(Cl)cc(Cl)cc21. The minimum atomic E-state index is 0.281. The largest absolute Gasteiger partial charge is 0.492 e. The van der Waals surface area contributed by atoms with E-state index in [1.807, 2.05) is 6.07 Å². The predicted molar refractivity (Wildman–Crippen MR) is 83.0 cm³/mol. The average molecular weight is 315 g/mol. The van der Waals surface area contributed by atoms with Crippen LogP contribution < -0.4 is 10.1 Å². The zero-order valence-electron chi connectivity index (χ0n) is 11.7. The van der Waals surface area contributed by atoms with E-state index in [2.05, 4.69) is 17.3 Å². The molecule has 3 nitrogen and oxygen atoms in total. The standard InChI is InChI=1S/C15H20Cl2N2O/c1-19-5-2-3-11(19)9-18-14-4-6-20-15-12(14)7-10(16)8-13(15)17/h7-8,11,14,18H,2-6,9H2,1H3. The monoisotopic (exact) mass is 314 g/mol. The van der Waals surface area contributed by atoms with Crippen LogP contribution >= 0.6 is 23.2 Å². The molecule has 5 heteroatoms. The smallest absolute Gasteiger partial charge is 0.142 e. The third-order valence-electron chi connectivity index (χ3n) is 4.34. The third kappa shape index (κ3) is 2.91. The lowest BCUT2D eigenvalue weighted by atomic mass is 10.00. The number of rotatable bonds is 3. The minimum Gasteiger partial charge on any atom is -0.492 e. The van der Waals surface area contributed by atoms with Crippen LogP contribution in [0.5, 0.6) is 5.75 Å². The normalized spacial score (nSPS) is 26.4. The van der Waals surface area contributed by atoms with Crippen molar-refractivity contribution in [1.29, 1.82) is 0 Å². The molecule has 2 heterocycles. The Morgan fingerprint density at radius 3 is 2.95 bits per heavy atom. The quantitative estimate of drug-likeness (QED) is 0.924. The van der Waals surface area contributed by atoms with Gasteiger partial charge in [-0.25, -0.2) is 0 Å². The molecule has 3 rings (SSSR count). The summed E-state index contributed by atoms with van der Waals surface area (Å²) in [4.78, 5) is 2.43. The lowest BCUT2D eigenvalue weighted by Crippen LogP contribution is -2.38. The predicted octanol–water partition coefficient (Wildman–Crippen LogP) is 3.50. The first-order chi connectivity index (χ1) is 9.65. The summed E-state index contributed by atoms with van der Waals surface area (Å²) in [5, 5.41) is 4.94. The Balaban J connectivity index is 1.73. The Morgan fingerprint density at radius 1 is 1.35 bits per heavy atom. The van der Waals surface area contributed by atoms with Crippen LogP contribution in [0.1, 0.15) is 30.9 Å². The molecular weight excluding hydrogens is 295 g/mol. The molecule has 110 valence electrons. The van der Waals surface area contributed by atoms with Crippen molar-refractivity contribution in [2.24, 2.45) is 0 Å². The minimum absolute atomic E-state index is 0.281. The number of likely N-dealkylation sites (tertiary alicyclic amines) is 1. The van der Waals surface area contributed by atoms with E-state index >= 15 is 0 Å². The molecule has 0 radical (unpaired) electrons. The van der Waals surface area contributed by atoms with Crippen molar-refractivity contribution in [2.75, 3.05) is 26.7 Å². The molecule has 0 aliphatic carbocycles. The summed E-state index contributed by atoms with van der Waals surface area (Å²) in [5.41, 5.74) is 1.09. The molecule has 2 unspecified atom stereocenters. The van der Waals surface area contributed by atoms with Crippen LogP contribution in [0.3, 0.4) is 0 Å². The van der Waals surface area contributed by atoms with Crippen molar-refractivity contribution in [3.63, 3.8) is 0 Å². The molecule has 2 aliphatic rings. The summed E-state index contributed by atoms with van der Waals surface area (Å²) in [6.45, 7) is 2.91. The summed E-state index contributed by atoms with van der Waals surface area (Å²) in [6, 6.07) is 4.63. The van der Waals surface area contributed by atoms with Crippen LogP contribution in [0, 0.1) is 0 Å². The number of fused-ring (bicyclic) bond motifs is 1. The van der Waals surface area contributed by atoms with E-state index in [1.54, 1.807) is 6.07 Å². The van der Waals surface area contributed by atoms with Gasteiger partial charge in [-0.05, 0) is 38.6 Å². The second-order valence-corrected chi connectivity index (χ2v) is 6.52. The highest BCUT2D eigenvalue weighted by molar-refractivity contribution is 6.35. The van der Waals surface area contributed by atoms with E-state index in [4.69, 9.17) is 27.9 Å². The van der Waals surface area contributed by atoms with Crippen LogP contribution in [-0.2, 0) is 0 Å². The Kier molecular flexibility index (Phi) is 4.41. The molecule has 1 saturated heterocycles. The Bertz CT molecular complexity index is 495. The average Bonchev–Trinajstić information content (AvgIpc) is 2.82. The number of halogens is 2. The molecule has 0 bridgehead atoms. The van der Waals surface area contributed by atoms with Gasteiger partial charge >= 0.3 is 0 Å². The maximum Gasteiger partial charge on any atom is 0.142 e. The molecule has 2 aliphatic heterocycles. The fourth-order valence-electron chi connectivity index (χ4n) is 3.15. The number of hydrogen-bond donors (Lipinski definition) is 1. The van der Waals surface area contributed by atoms with Crippen LogP contribution in [0.4, 0.5) is 0 Å². The zero-order chi connectivity index (χ0) is 14.1. The van der Waals surface area contributed by atoms with Gasteiger partial charge < -0.3 is 15.0 Å². The summed E-state index contributed by atoms with van der Waals surface area (Å²) in [6.07, 6.45) is 3.53. The number of likely N-dealkylation sites (N-methyl/N-ethyl adjacent to an activating group) is 1. The van der Waals surface area contributed by atoms with E-state index in [1.165, 1.54) is 19.4 Å². The van der Waals surface area contributed by atoms with Gasteiger partial charge in [-0.2, -0.15) is 0 Å². The molecule has 0 amide bonds. The molecule has 20 heavy (non-hydrogen) atoms. The number of nitrogens with zero attached hydrogens (tertiary/aromatic N) is 1. The molecule has 0 saturated carbocycles. The van der Waals surface area contributed by atoms with Gasteiger partial charge in [0.05, 0.1) is 11.6 Å². The molecule has 1 fully saturated rings. The van der Waals surface area contributed by atoms with Gasteiger partial charge in [0, 0.05) is 35.6 Å². The second kappa shape index (κ2) is 6.10. The second-order valence-electron chi connectivity index (χ2n) is 5.68. The summed E-state index contributed by atoms with van der Waals surface area (Å²) in [5.74, 6) is 0.791. The summed E-state index contributed by atoms with van der Waals surface area (Å²) >= 11 is 12.3. The molecule has 1 aromatic carbocycles. The highest BCUT2D eigenvalue weighted by Gasteiger charge is 2.26. The number of benzene rings is 1. The van der Waals surface area contributed by atoms with Gasteiger partial charge in [-0.15, -0.1) is 0 Å². The first-order valence-electron chi connectivity index (χ1n) is 7.20. The van der Waals surface area contributed by atoms with E-state index in [0.29, 0.717) is 22.7 Å². The molecule has 0 aromatic heterocycles.